The highest BCUT2D eigenvalue weighted by molar-refractivity contribution is 5.94. The molecule has 2 aliphatic rings. The van der Waals surface area contributed by atoms with Gasteiger partial charge in [-0.25, -0.2) is 4.68 Å². The molecular weight excluding hydrogens is 332 g/mol. The van der Waals surface area contributed by atoms with Crippen LogP contribution in [0.3, 0.4) is 0 Å². The number of nitrogens with zero attached hydrogens (tertiary/aromatic N) is 4. The Bertz CT molecular complexity index is 871. The first kappa shape index (κ1) is 16.8. The van der Waals surface area contributed by atoms with Crippen LogP contribution in [0, 0.1) is 5.92 Å². The fourth-order valence-corrected chi connectivity index (χ4v) is 3.86. The van der Waals surface area contributed by atoms with E-state index in [4.69, 9.17) is 0 Å². The molecule has 1 fully saturated rings. The van der Waals surface area contributed by atoms with Crippen LogP contribution in [0.1, 0.15) is 41.0 Å². The Balaban J connectivity index is 1.34. The predicted molar refractivity (Wildman–Crippen MR) is 97.4 cm³/mol. The van der Waals surface area contributed by atoms with E-state index in [1.165, 1.54) is 4.68 Å². The number of carbonyl (C=O) groups excluding carboxylic acids is 1. The normalized spacial score (nSPS) is 19.4. The van der Waals surface area contributed by atoms with E-state index in [0.29, 0.717) is 18.2 Å². The van der Waals surface area contributed by atoms with Crippen molar-refractivity contribution in [3.8, 4) is 0 Å². The van der Waals surface area contributed by atoms with Crippen molar-refractivity contribution < 1.29 is 4.79 Å². The topological polar surface area (TPSA) is 95.9 Å². The SMILES string of the molecule is Cn1ncc(N2CCC(CNC(=O)c3n[nH]c4c3CCCC4)C2)cc1=O. The maximum atomic E-state index is 12.5. The van der Waals surface area contributed by atoms with Gasteiger partial charge in [-0.3, -0.25) is 14.7 Å². The summed E-state index contributed by atoms with van der Waals surface area (Å²) in [6.45, 7) is 2.30. The summed E-state index contributed by atoms with van der Waals surface area (Å²) in [5.41, 5.74) is 3.51. The van der Waals surface area contributed by atoms with Gasteiger partial charge in [-0.1, -0.05) is 0 Å². The van der Waals surface area contributed by atoms with E-state index in [1.54, 1.807) is 19.3 Å². The van der Waals surface area contributed by atoms with Crippen molar-refractivity contribution in [1.82, 2.24) is 25.3 Å². The van der Waals surface area contributed by atoms with Gasteiger partial charge in [-0.15, -0.1) is 0 Å². The molecule has 1 aliphatic heterocycles. The van der Waals surface area contributed by atoms with Crippen LogP contribution in [0.15, 0.2) is 17.1 Å². The molecule has 2 aromatic heterocycles. The van der Waals surface area contributed by atoms with Gasteiger partial charge in [0.15, 0.2) is 5.69 Å². The third-order valence-electron chi connectivity index (χ3n) is 5.43. The Morgan fingerprint density at radius 3 is 3.08 bits per heavy atom. The Kier molecular flexibility index (Phi) is 4.48. The van der Waals surface area contributed by atoms with E-state index in [-0.39, 0.29) is 11.5 Å². The number of H-pyrrole nitrogens is 1. The van der Waals surface area contributed by atoms with Crippen molar-refractivity contribution in [2.45, 2.75) is 32.1 Å². The van der Waals surface area contributed by atoms with Crippen LogP contribution >= 0.6 is 0 Å². The van der Waals surface area contributed by atoms with Crippen LogP contribution in [0.4, 0.5) is 5.69 Å². The molecule has 1 aliphatic carbocycles. The molecule has 4 rings (SSSR count). The first-order valence-electron chi connectivity index (χ1n) is 9.24. The van der Waals surface area contributed by atoms with Crippen molar-refractivity contribution in [3.05, 3.63) is 39.6 Å². The molecule has 1 amide bonds. The smallest absolute Gasteiger partial charge is 0.272 e. The van der Waals surface area contributed by atoms with Crippen LogP contribution in [0.25, 0.3) is 0 Å². The number of fused-ring (bicyclic) bond motifs is 1. The molecule has 138 valence electrons. The van der Waals surface area contributed by atoms with Crippen LogP contribution in [0.2, 0.25) is 0 Å². The molecule has 0 saturated carbocycles. The summed E-state index contributed by atoms with van der Waals surface area (Å²) < 4.78 is 1.32. The molecule has 8 heteroatoms. The van der Waals surface area contributed by atoms with E-state index >= 15 is 0 Å². The van der Waals surface area contributed by atoms with Gasteiger partial charge in [-0.2, -0.15) is 10.2 Å². The lowest BCUT2D eigenvalue weighted by atomic mass is 9.95. The summed E-state index contributed by atoms with van der Waals surface area (Å²) >= 11 is 0. The first-order valence-corrected chi connectivity index (χ1v) is 9.24. The number of rotatable bonds is 4. The number of anilines is 1. The maximum Gasteiger partial charge on any atom is 0.272 e. The molecule has 0 bridgehead atoms. The van der Waals surface area contributed by atoms with Gasteiger partial charge in [0.25, 0.3) is 11.5 Å². The zero-order chi connectivity index (χ0) is 18.1. The highest BCUT2D eigenvalue weighted by Gasteiger charge is 2.26. The molecule has 8 nitrogen and oxygen atoms in total. The van der Waals surface area contributed by atoms with Crippen LogP contribution in [-0.4, -0.2) is 45.5 Å². The molecular formula is C18H24N6O2. The van der Waals surface area contributed by atoms with E-state index in [1.807, 2.05) is 0 Å². The largest absolute Gasteiger partial charge is 0.370 e. The zero-order valence-electron chi connectivity index (χ0n) is 15.0. The standard InChI is InChI=1S/C18H24N6O2/c1-23-16(25)8-13(10-20-23)24-7-6-12(11-24)9-19-18(26)17-14-4-2-3-5-15(14)21-22-17/h8,10,12H,2-7,9,11H2,1H3,(H,19,26)(H,21,22). The average Bonchev–Trinajstić information content (AvgIpc) is 3.29. The fraction of sp³-hybridized carbons (Fsp3) is 0.556. The van der Waals surface area contributed by atoms with Gasteiger partial charge in [-0.05, 0) is 38.0 Å². The second-order valence-corrected chi connectivity index (χ2v) is 7.22. The molecule has 0 aromatic carbocycles. The van der Waals surface area contributed by atoms with Crippen molar-refractivity contribution in [2.24, 2.45) is 13.0 Å². The second-order valence-electron chi connectivity index (χ2n) is 7.22. The quantitative estimate of drug-likeness (QED) is 0.838. The molecule has 1 unspecified atom stereocenters. The van der Waals surface area contributed by atoms with E-state index in [2.05, 4.69) is 25.5 Å². The number of aryl methyl sites for hydroxylation is 2. The summed E-state index contributed by atoms with van der Waals surface area (Å²) in [5, 5.41) is 14.4. The van der Waals surface area contributed by atoms with Gasteiger partial charge in [0.1, 0.15) is 0 Å². The van der Waals surface area contributed by atoms with Gasteiger partial charge in [0, 0.05) is 44.0 Å². The van der Waals surface area contributed by atoms with Gasteiger partial charge in [0.05, 0.1) is 11.9 Å². The average molecular weight is 356 g/mol. The number of amides is 1. The third kappa shape index (κ3) is 3.23. The third-order valence-corrected chi connectivity index (χ3v) is 5.43. The van der Waals surface area contributed by atoms with Crippen molar-refractivity contribution in [1.29, 1.82) is 0 Å². The molecule has 2 aromatic rings. The summed E-state index contributed by atoms with van der Waals surface area (Å²) in [7, 11) is 1.64. The lowest BCUT2D eigenvalue weighted by molar-refractivity contribution is 0.0942. The molecule has 0 spiro atoms. The minimum absolute atomic E-state index is 0.0851. The maximum absolute atomic E-state index is 12.5. The van der Waals surface area contributed by atoms with Gasteiger partial charge >= 0.3 is 0 Å². The fourth-order valence-electron chi connectivity index (χ4n) is 3.86. The Morgan fingerprint density at radius 1 is 1.38 bits per heavy atom. The summed E-state index contributed by atoms with van der Waals surface area (Å²) in [5.74, 6) is 0.274. The lowest BCUT2D eigenvalue weighted by Gasteiger charge is -2.18. The summed E-state index contributed by atoms with van der Waals surface area (Å²) in [4.78, 5) is 26.4. The van der Waals surface area contributed by atoms with Crippen LogP contribution in [-0.2, 0) is 19.9 Å². The highest BCUT2D eigenvalue weighted by Crippen LogP contribution is 2.23. The molecule has 2 N–H and O–H groups in total. The zero-order valence-corrected chi connectivity index (χ0v) is 15.0. The number of carbonyl (C=O) groups is 1. The van der Waals surface area contributed by atoms with E-state index < -0.39 is 0 Å². The number of hydrogen-bond acceptors (Lipinski definition) is 5. The lowest BCUT2D eigenvalue weighted by Crippen LogP contribution is -2.32. The number of hydrogen-bond donors (Lipinski definition) is 2. The minimum Gasteiger partial charge on any atom is -0.370 e. The molecule has 1 atom stereocenters. The number of aromatic nitrogens is 4. The van der Waals surface area contributed by atoms with Crippen molar-refractivity contribution in [3.63, 3.8) is 0 Å². The first-order chi connectivity index (χ1) is 12.6. The Labute approximate surface area is 151 Å². The predicted octanol–water partition coefficient (Wildman–Crippen LogP) is 0.639. The number of nitrogens with one attached hydrogen (secondary N) is 2. The molecule has 3 heterocycles. The minimum atomic E-state index is -0.109. The summed E-state index contributed by atoms with van der Waals surface area (Å²) in [6, 6.07) is 1.62. The van der Waals surface area contributed by atoms with E-state index in [9.17, 15) is 9.59 Å². The molecule has 1 saturated heterocycles. The van der Waals surface area contributed by atoms with E-state index in [0.717, 1.165) is 62.1 Å². The van der Waals surface area contributed by atoms with Crippen LogP contribution in [0.5, 0.6) is 0 Å². The second kappa shape index (κ2) is 6.93. The Hall–Kier alpha value is -2.64. The van der Waals surface area contributed by atoms with Gasteiger partial charge < -0.3 is 10.2 Å². The number of aromatic amines is 1. The Morgan fingerprint density at radius 2 is 2.23 bits per heavy atom. The highest BCUT2D eigenvalue weighted by atomic mass is 16.2. The van der Waals surface area contributed by atoms with Gasteiger partial charge in [0.2, 0.25) is 0 Å². The van der Waals surface area contributed by atoms with Crippen molar-refractivity contribution in [2.75, 3.05) is 24.5 Å². The molecule has 0 radical (unpaired) electrons. The monoisotopic (exact) mass is 356 g/mol. The van der Waals surface area contributed by atoms with Crippen molar-refractivity contribution >= 4 is 11.6 Å². The summed E-state index contributed by atoms with van der Waals surface area (Å²) in [6.07, 6.45) is 6.90. The molecule has 26 heavy (non-hydrogen) atoms. The van der Waals surface area contributed by atoms with Crippen LogP contribution < -0.4 is 15.8 Å².